The maximum absolute atomic E-state index is 12.8. The SMILES string of the molecule is COc1cccc(C(=O)NCc2nnc(SCC(=O)Nc3cc(C)ccc3C)n2-c2cc(C)ccc2C)c1. The van der Waals surface area contributed by atoms with E-state index >= 15 is 0 Å². The second-order valence-electron chi connectivity index (χ2n) is 9.09. The third kappa shape index (κ3) is 6.41. The van der Waals surface area contributed by atoms with E-state index in [1.807, 2.05) is 68.7 Å². The van der Waals surface area contributed by atoms with Gasteiger partial charge in [-0.05, 0) is 80.3 Å². The summed E-state index contributed by atoms with van der Waals surface area (Å²) in [6.45, 7) is 8.14. The van der Waals surface area contributed by atoms with Gasteiger partial charge in [0.05, 0.1) is 25.1 Å². The molecule has 0 radical (unpaired) electrons. The lowest BCUT2D eigenvalue weighted by molar-refractivity contribution is -0.113. The Labute approximate surface area is 226 Å². The van der Waals surface area contributed by atoms with E-state index in [2.05, 4.69) is 20.8 Å². The third-order valence-electron chi connectivity index (χ3n) is 6.04. The summed E-state index contributed by atoms with van der Waals surface area (Å²) >= 11 is 1.30. The summed E-state index contributed by atoms with van der Waals surface area (Å²) in [5, 5.41) is 15.2. The number of hydrogen-bond donors (Lipinski definition) is 2. The molecular weight excluding hydrogens is 498 g/mol. The molecule has 0 aliphatic heterocycles. The van der Waals surface area contributed by atoms with E-state index in [1.54, 1.807) is 31.4 Å². The molecule has 0 saturated heterocycles. The number of aryl methyl sites for hydroxylation is 4. The van der Waals surface area contributed by atoms with E-state index in [4.69, 9.17) is 4.74 Å². The van der Waals surface area contributed by atoms with Gasteiger partial charge in [-0.1, -0.05) is 42.1 Å². The van der Waals surface area contributed by atoms with Crippen molar-refractivity contribution in [3.8, 4) is 11.4 Å². The lowest BCUT2D eigenvalue weighted by Crippen LogP contribution is -2.25. The number of methoxy groups -OCH3 is 1. The molecule has 8 nitrogen and oxygen atoms in total. The van der Waals surface area contributed by atoms with E-state index in [1.165, 1.54) is 11.8 Å². The van der Waals surface area contributed by atoms with Crippen LogP contribution in [-0.4, -0.2) is 39.4 Å². The zero-order chi connectivity index (χ0) is 27.2. The molecule has 1 aromatic heterocycles. The summed E-state index contributed by atoms with van der Waals surface area (Å²) in [5.74, 6) is 0.946. The molecule has 0 aliphatic rings. The molecule has 0 saturated carbocycles. The number of anilines is 1. The monoisotopic (exact) mass is 529 g/mol. The van der Waals surface area contributed by atoms with Crippen LogP contribution in [0.3, 0.4) is 0 Å². The predicted molar refractivity (Wildman–Crippen MR) is 150 cm³/mol. The van der Waals surface area contributed by atoms with Crippen LogP contribution in [0.2, 0.25) is 0 Å². The molecule has 1 heterocycles. The molecule has 196 valence electrons. The molecule has 0 aliphatic carbocycles. The average molecular weight is 530 g/mol. The standard InChI is InChI=1S/C29H31N5O3S/c1-18-9-11-20(3)24(13-18)31-27(35)17-38-29-33-32-26(34(29)25-14-19(2)10-12-21(25)4)16-30-28(36)22-7-6-8-23(15-22)37-5/h6-15H,16-17H2,1-5H3,(H,30,36)(H,31,35). The Morgan fingerprint density at radius 3 is 2.42 bits per heavy atom. The van der Waals surface area contributed by atoms with Gasteiger partial charge in [-0.3, -0.25) is 14.2 Å². The van der Waals surface area contributed by atoms with Gasteiger partial charge in [0.25, 0.3) is 5.91 Å². The van der Waals surface area contributed by atoms with Crippen LogP contribution in [0.1, 0.15) is 38.4 Å². The summed E-state index contributed by atoms with van der Waals surface area (Å²) in [7, 11) is 1.56. The summed E-state index contributed by atoms with van der Waals surface area (Å²) in [4.78, 5) is 25.6. The first-order valence-electron chi connectivity index (χ1n) is 12.2. The zero-order valence-electron chi connectivity index (χ0n) is 22.2. The Morgan fingerprint density at radius 1 is 0.921 bits per heavy atom. The molecule has 4 aromatic rings. The van der Waals surface area contributed by atoms with Crippen molar-refractivity contribution >= 4 is 29.3 Å². The Bertz CT molecular complexity index is 1480. The molecule has 38 heavy (non-hydrogen) atoms. The number of ether oxygens (including phenoxy) is 1. The Morgan fingerprint density at radius 2 is 1.66 bits per heavy atom. The Balaban J connectivity index is 1.55. The summed E-state index contributed by atoms with van der Waals surface area (Å²) in [6.07, 6.45) is 0. The largest absolute Gasteiger partial charge is 0.497 e. The predicted octanol–water partition coefficient (Wildman–Crippen LogP) is 5.17. The summed E-state index contributed by atoms with van der Waals surface area (Å²) in [6, 6.07) is 19.0. The molecule has 0 fully saturated rings. The molecule has 0 unspecified atom stereocenters. The second-order valence-corrected chi connectivity index (χ2v) is 10.0. The average Bonchev–Trinajstić information content (AvgIpc) is 3.32. The second kappa shape index (κ2) is 12.0. The van der Waals surface area contributed by atoms with Gasteiger partial charge in [0.1, 0.15) is 5.75 Å². The number of thioether (sulfide) groups is 1. The normalized spacial score (nSPS) is 10.8. The van der Waals surface area contributed by atoms with E-state index in [0.717, 1.165) is 33.6 Å². The van der Waals surface area contributed by atoms with Gasteiger partial charge in [0.15, 0.2) is 11.0 Å². The Hall–Kier alpha value is -4.11. The third-order valence-corrected chi connectivity index (χ3v) is 6.97. The molecule has 4 rings (SSSR count). The zero-order valence-corrected chi connectivity index (χ0v) is 23.0. The molecule has 2 N–H and O–H groups in total. The number of amides is 2. The molecule has 0 spiro atoms. The Kier molecular flexibility index (Phi) is 8.48. The number of nitrogens with zero attached hydrogens (tertiary/aromatic N) is 3. The van der Waals surface area contributed by atoms with Crippen LogP contribution in [0.4, 0.5) is 5.69 Å². The maximum Gasteiger partial charge on any atom is 0.251 e. The molecule has 2 amide bonds. The van der Waals surface area contributed by atoms with Crippen molar-refractivity contribution in [2.24, 2.45) is 0 Å². The van der Waals surface area contributed by atoms with E-state index < -0.39 is 0 Å². The fourth-order valence-corrected chi connectivity index (χ4v) is 4.69. The van der Waals surface area contributed by atoms with Crippen molar-refractivity contribution in [3.63, 3.8) is 0 Å². The lowest BCUT2D eigenvalue weighted by atomic mass is 10.1. The first-order chi connectivity index (χ1) is 18.2. The minimum Gasteiger partial charge on any atom is -0.497 e. The van der Waals surface area contributed by atoms with Gasteiger partial charge >= 0.3 is 0 Å². The van der Waals surface area contributed by atoms with E-state index in [0.29, 0.717) is 22.3 Å². The van der Waals surface area contributed by atoms with Crippen LogP contribution in [-0.2, 0) is 11.3 Å². The highest BCUT2D eigenvalue weighted by molar-refractivity contribution is 7.99. The molecule has 0 bridgehead atoms. The van der Waals surface area contributed by atoms with E-state index in [-0.39, 0.29) is 24.1 Å². The number of rotatable bonds is 9. The van der Waals surface area contributed by atoms with Crippen molar-refractivity contribution in [2.45, 2.75) is 39.4 Å². The van der Waals surface area contributed by atoms with Crippen LogP contribution in [0.15, 0.2) is 65.8 Å². The van der Waals surface area contributed by atoms with Crippen LogP contribution in [0.5, 0.6) is 5.75 Å². The van der Waals surface area contributed by atoms with Crippen LogP contribution >= 0.6 is 11.8 Å². The highest BCUT2D eigenvalue weighted by Gasteiger charge is 2.19. The van der Waals surface area contributed by atoms with Gasteiger partial charge in [-0.15, -0.1) is 10.2 Å². The molecular formula is C29H31N5O3S. The minimum absolute atomic E-state index is 0.132. The highest BCUT2D eigenvalue weighted by Crippen LogP contribution is 2.26. The van der Waals surface area contributed by atoms with E-state index in [9.17, 15) is 9.59 Å². The molecule has 3 aromatic carbocycles. The van der Waals surface area contributed by atoms with Gasteiger partial charge in [0, 0.05) is 11.3 Å². The van der Waals surface area contributed by atoms with Gasteiger partial charge in [0.2, 0.25) is 5.91 Å². The number of aromatic nitrogens is 3. The van der Waals surface area contributed by atoms with Crippen LogP contribution in [0.25, 0.3) is 5.69 Å². The highest BCUT2D eigenvalue weighted by atomic mass is 32.2. The smallest absolute Gasteiger partial charge is 0.251 e. The van der Waals surface area contributed by atoms with Crippen molar-refractivity contribution in [1.82, 2.24) is 20.1 Å². The summed E-state index contributed by atoms with van der Waals surface area (Å²) in [5.41, 5.74) is 6.37. The topological polar surface area (TPSA) is 98.1 Å². The van der Waals surface area contributed by atoms with Crippen molar-refractivity contribution < 1.29 is 14.3 Å². The van der Waals surface area contributed by atoms with Crippen LogP contribution < -0.4 is 15.4 Å². The van der Waals surface area contributed by atoms with Crippen molar-refractivity contribution in [2.75, 3.05) is 18.2 Å². The van der Waals surface area contributed by atoms with Crippen molar-refractivity contribution in [1.29, 1.82) is 0 Å². The van der Waals surface area contributed by atoms with Crippen molar-refractivity contribution in [3.05, 3.63) is 94.3 Å². The summed E-state index contributed by atoms with van der Waals surface area (Å²) < 4.78 is 7.13. The fourth-order valence-electron chi connectivity index (χ4n) is 3.92. The number of hydrogen-bond acceptors (Lipinski definition) is 6. The number of nitrogens with one attached hydrogen (secondary N) is 2. The van der Waals surface area contributed by atoms with Gasteiger partial charge in [-0.25, -0.2) is 0 Å². The lowest BCUT2D eigenvalue weighted by Gasteiger charge is -2.14. The first-order valence-corrected chi connectivity index (χ1v) is 13.2. The van der Waals surface area contributed by atoms with Gasteiger partial charge in [-0.2, -0.15) is 0 Å². The number of carbonyl (C=O) groups is 2. The fraction of sp³-hybridized carbons (Fsp3) is 0.241. The number of carbonyl (C=O) groups excluding carboxylic acids is 2. The van der Waals surface area contributed by atoms with Gasteiger partial charge < -0.3 is 15.4 Å². The first kappa shape index (κ1) is 26.9. The minimum atomic E-state index is -0.249. The quantitative estimate of drug-likeness (QED) is 0.290. The molecule has 0 atom stereocenters. The number of benzene rings is 3. The van der Waals surface area contributed by atoms with Crippen LogP contribution in [0, 0.1) is 27.7 Å². The maximum atomic E-state index is 12.8. The molecule has 9 heteroatoms.